The molecule has 0 aromatic heterocycles. The van der Waals surface area contributed by atoms with Crippen molar-refractivity contribution in [3.63, 3.8) is 0 Å². The first-order chi connectivity index (χ1) is 17.2. The van der Waals surface area contributed by atoms with E-state index >= 15 is 0 Å². The highest BCUT2D eigenvalue weighted by Gasteiger charge is 2.40. The Labute approximate surface area is 213 Å². The Morgan fingerprint density at radius 1 is 1.00 bits per heavy atom. The summed E-state index contributed by atoms with van der Waals surface area (Å²) in [5.74, 6) is -2.12. The van der Waals surface area contributed by atoms with Gasteiger partial charge in [0.15, 0.2) is 0 Å². The lowest BCUT2D eigenvalue weighted by Gasteiger charge is -2.28. The molecule has 9 nitrogen and oxygen atoms in total. The van der Waals surface area contributed by atoms with Crippen molar-refractivity contribution in [3.05, 3.63) is 72.3 Å². The molecule has 2 atom stereocenters. The summed E-state index contributed by atoms with van der Waals surface area (Å²) in [5.41, 5.74) is 0.700. The first-order valence-corrected chi connectivity index (χ1v) is 11.9. The average molecular weight is 507 g/mol. The van der Waals surface area contributed by atoms with Crippen LogP contribution in [0.25, 0.3) is 10.8 Å². The second kappa shape index (κ2) is 10.7. The van der Waals surface area contributed by atoms with Gasteiger partial charge in [-0.25, -0.2) is 9.59 Å². The van der Waals surface area contributed by atoms with Crippen LogP contribution in [0.2, 0.25) is 0 Å². The summed E-state index contributed by atoms with van der Waals surface area (Å²) in [6.45, 7) is -0.0222. The Balaban J connectivity index is 1.41. The van der Waals surface area contributed by atoms with E-state index < -0.39 is 29.9 Å². The average Bonchev–Trinajstić information content (AvgIpc) is 3.25. The van der Waals surface area contributed by atoms with Crippen molar-refractivity contribution in [1.82, 2.24) is 9.80 Å². The zero-order valence-corrected chi connectivity index (χ0v) is 20.4. The Hall–Kier alpha value is -4.05. The van der Waals surface area contributed by atoms with E-state index in [1.54, 1.807) is 18.2 Å². The van der Waals surface area contributed by atoms with Gasteiger partial charge >= 0.3 is 12.0 Å². The summed E-state index contributed by atoms with van der Waals surface area (Å²) < 4.78 is 0. The number of nitrogens with zero attached hydrogens (tertiary/aromatic N) is 2. The number of likely N-dealkylation sites (N-methyl/N-ethyl adjacent to an activating group) is 1. The van der Waals surface area contributed by atoms with Crippen LogP contribution in [0.5, 0.6) is 0 Å². The van der Waals surface area contributed by atoms with Gasteiger partial charge in [0.2, 0.25) is 11.8 Å². The predicted molar refractivity (Wildman–Crippen MR) is 141 cm³/mol. The zero-order valence-electron chi connectivity index (χ0n) is 19.5. The van der Waals surface area contributed by atoms with Crippen molar-refractivity contribution in [2.75, 3.05) is 30.8 Å². The van der Waals surface area contributed by atoms with Crippen LogP contribution >= 0.6 is 12.6 Å². The predicted octanol–water partition coefficient (Wildman–Crippen LogP) is 3.54. The minimum absolute atomic E-state index is 0.0509. The van der Waals surface area contributed by atoms with Gasteiger partial charge in [-0.05, 0) is 41.5 Å². The van der Waals surface area contributed by atoms with Gasteiger partial charge in [0.1, 0.15) is 6.04 Å². The van der Waals surface area contributed by atoms with E-state index in [1.165, 1.54) is 29.0 Å². The summed E-state index contributed by atoms with van der Waals surface area (Å²) >= 11 is 4.48. The second-order valence-electron chi connectivity index (χ2n) is 8.64. The van der Waals surface area contributed by atoms with E-state index in [9.17, 15) is 24.3 Å². The molecule has 3 N–H and O–H groups in total. The summed E-state index contributed by atoms with van der Waals surface area (Å²) in [4.78, 5) is 52.8. The molecule has 0 bridgehead atoms. The number of benzene rings is 3. The zero-order chi connectivity index (χ0) is 25.8. The molecule has 4 amide bonds. The molecule has 1 aliphatic rings. The van der Waals surface area contributed by atoms with Gasteiger partial charge in [0.25, 0.3) is 0 Å². The molecule has 0 saturated carbocycles. The number of thiol groups is 1. The topological polar surface area (TPSA) is 119 Å². The number of hydrogen-bond acceptors (Lipinski definition) is 5. The number of hydrogen-bond donors (Lipinski definition) is 4. The molecule has 36 heavy (non-hydrogen) atoms. The lowest BCUT2D eigenvalue weighted by Crippen LogP contribution is -2.49. The molecule has 3 aromatic carbocycles. The largest absolute Gasteiger partial charge is 0.478 e. The SMILES string of the molecule is CN(CC(=O)Nc1ccccc1C(=O)O)C(=O)C1CC(S)CN1C(=O)Nc1ccc2ccccc2c1. The Morgan fingerprint density at radius 2 is 1.69 bits per heavy atom. The summed E-state index contributed by atoms with van der Waals surface area (Å²) in [7, 11) is 1.47. The van der Waals surface area contributed by atoms with Crippen molar-refractivity contribution in [1.29, 1.82) is 0 Å². The number of likely N-dealkylation sites (tertiary alicyclic amines) is 1. The maximum absolute atomic E-state index is 13.2. The molecule has 0 aliphatic carbocycles. The number of para-hydroxylation sites is 1. The summed E-state index contributed by atoms with van der Waals surface area (Å²) in [6, 6.07) is 18.2. The number of fused-ring (bicyclic) bond motifs is 1. The number of anilines is 2. The van der Waals surface area contributed by atoms with Crippen LogP contribution in [0.3, 0.4) is 0 Å². The van der Waals surface area contributed by atoms with Crippen LogP contribution < -0.4 is 10.6 Å². The third kappa shape index (κ3) is 5.60. The van der Waals surface area contributed by atoms with E-state index in [0.29, 0.717) is 12.1 Å². The first kappa shape index (κ1) is 25.1. The van der Waals surface area contributed by atoms with Gasteiger partial charge in [-0.3, -0.25) is 9.59 Å². The normalized spacial score (nSPS) is 17.0. The molecule has 3 aromatic rings. The first-order valence-electron chi connectivity index (χ1n) is 11.3. The second-order valence-corrected chi connectivity index (χ2v) is 9.37. The summed E-state index contributed by atoms with van der Waals surface area (Å²) in [5, 5.41) is 16.5. The Kier molecular flexibility index (Phi) is 7.44. The molecule has 4 rings (SSSR count). The lowest BCUT2D eigenvalue weighted by molar-refractivity contribution is -0.136. The van der Waals surface area contributed by atoms with Crippen LogP contribution in [0.1, 0.15) is 16.8 Å². The quantitative estimate of drug-likeness (QED) is 0.382. The molecule has 1 saturated heterocycles. The molecular formula is C26H26N4O5S. The van der Waals surface area contributed by atoms with E-state index in [0.717, 1.165) is 10.8 Å². The molecule has 10 heteroatoms. The number of aromatic carboxylic acids is 1. The van der Waals surface area contributed by atoms with Crippen molar-refractivity contribution in [2.24, 2.45) is 0 Å². The molecule has 2 unspecified atom stereocenters. The van der Waals surface area contributed by atoms with Crippen molar-refractivity contribution < 1.29 is 24.3 Å². The molecule has 0 radical (unpaired) electrons. The number of nitrogens with one attached hydrogen (secondary N) is 2. The van der Waals surface area contributed by atoms with Crippen LogP contribution in [0.4, 0.5) is 16.2 Å². The number of rotatable bonds is 6. The van der Waals surface area contributed by atoms with Crippen LogP contribution in [-0.4, -0.2) is 70.2 Å². The number of carboxylic acids is 1. The highest BCUT2D eigenvalue weighted by Crippen LogP contribution is 2.25. The number of urea groups is 1. The third-order valence-corrected chi connectivity index (χ3v) is 6.39. The van der Waals surface area contributed by atoms with Gasteiger partial charge in [-0.15, -0.1) is 0 Å². The standard InChI is InChI=1S/C26H26N4O5S/c1-29(15-23(31)28-21-9-5-4-8-20(21)25(33)34)24(32)22-13-19(36)14-30(22)26(35)27-18-11-10-16-6-2-3-7-17(16)12-18/h2-12,19,22,36H,13-15H2,1H3,(H,27,35)(H,28,31)(H,33,34). The fourth-order valence-electron chi connectivity index (χ4n) is 4.25. The smallest absolute Gasteiger partial charge is 0.337 e. The van der Waals surface area contributed by atoms with E-state index in [2.05, 4.69) is 23.3 Å². The summed E-state index contributed by atoms with van der Waals surface area (Å²) in [6.07, 6.45) is 0.348. The van der Waals surface area contributed by atoms with E-state index in [1.807, 2.05) is 36.4 Å². The van der Waals surface area contributed by atoms with Crippen LogP contribution in [-0.2, 0) is 9.59 Å². The van der Waals surface area contributed by atoms with Gasteiger partial charge < -0.3 is 25.5 Å². The Morgan fingerprint density at radius 3 is 2.44 bits per heavy atom. The number of amides is 4. The number of carboxylic acid groups (broad SMARTS) is 1. The molecule has 1 fully saturated rings. The lowest BCUT2D eigenvalue weighted by atomic mass is 10.1. The van der Waals surface area contributed by atoms with Gasteiger partial charge in [-0.2, -0.15) is 12.6 Å². The third-order valence-electron chi connectivity index (χ3n) is 6.01. The maximum atomic E-state index is 13.2. The van der Waals surface area contributed by atoms with Gasteiger partial charge in [-0.1, -0.05) is 42.5 Å². The van der Waals surface area contributed by atoms with Gasteiger partial charge in [0.05, 0.1) is 17.8 Å². The maximum Gasteiger partial charge on any atom is 0.337 e. The van der Waals surface area contributed by atoms with Crippen molar-refractivity contribution in [3.8, 4) is 0 Å². The molecule has 1 heterocycles. The molecule has 1 aliphatic heterocycles. The highest BCUT2D eigenvalue weighted by molar-refractivity contribution is 7.81. The van der Waals surface area contributed by atoms with Crippen molar-refractivity contribution >= 4 is 58.6 Å². The Bertz CT molecular complexity index is 1330. The van der Waals surface area contributed by atoms with Crippen LogP contribution in [0, 0.1) is 0 Å². The monoisotopic (exact) mass is 506 g/mol. The number of carbonyl (C=O) groups excluding carboxylic acids is 3. The van der Waals surface area contributed by atoms with E-state index in [-0.39, 0.29) is 29.6 Å². The minimum Gasteiger partial charge on any atom is -0.478 e. The minimum atomic E-state index is -1.17. The molecule has 186 valence electrons. The fraction of sp³-hybridized carbons (Fsp3) is 0.231. The fourth-order valence-corrected chi connectivity index (χ4v) is 4.63. The van der Waals surface area contributed by atoms with Crippen LogP contribution in [0.15, 0.2) is 66.7 Å². The molecule has 0 spiro atoms. The van der Waals surface area contributed by atoms with Crippen molar-refractivity contribution in [2.45, 2.75) is 17.7 Å². The van der Waals surface area contributed by atoms with Gasteiger partial charge in [0, 0.05) is 24.5 Å². The van der Waals surface area contributed by atoms with E-state index in [4.69, 9.17) is 0 Å². The number of carbonyl (C=O) groups is 4. The molecular weight excluding hydrogens is 480 g/mol. The highest BCUT2D eigenvalue weighted by atomic mass is 32.1.